The quantitative estimate of drug-likeness (QED) is 0.410. The van der Waals surface area contributed by atoms with E-state index in [2.05, 4.69) is 5.32 Å². The van der Waals surface area contributed by atoms with Gasteiger partial charge in [-0.2, -0.15) is 0 Å². The fourth-order valence-corrected chi connectivity index (χ4v) is 5.00. The zero-order valence-electron chi connectivity index (χ0n) is 22.0. The second-order valence-electron chi connectivity index (χ2n) is 8.87. The molecule has 0 aliphatic rings. The molecule has 8 nitrogen and oxygen atoms in total. The van der Waals surface area contributed by atoms with E-state index in [1.807, 2.05) is 63.2 Å². The van der Waals surface area contributed by atoms with Crippen LogP contribution in [0.3, 0.4) is 0 Å². The molecule has 2 rings (SSSR count). The molecule has 36 heavy (non-hydrogen) atoms. The predicted octanol–water partition coefficient (Wildman–Crippen LogP) is 3.88. The van der Waals surface area contributed by atoms with Gasteiger partial charge in [-0.15, -0.1) is 0 Å². The summed E-state index contributed by atoms with van der Waals surface area (Å²) in [6.45, 7) is 6.71. The number of benzene rings is 2. The van der Waals surface area contributed by atoms with Crippen molar-refractivity contribution in [3.05, 3.63) is 59.7 Å². The lowest BCUT2D eigenvalue weighted by molar-refractivity contribution is -0.141. The number of hydrogen-bond donors (Lipinski definition) is 1. The third-order valence-corrected chi connectivity index (χ3v) is 7.06. The Morgan fingerprint density at radius 3 is 2.42 bits per heavy atom. The highest BCUT2D eigenvalue weighted by Crippen LogP contribution is 2.21. The molecule has 198 valence electrons. The molecule has 9 heteroatoms. The van der Waals surface area contributed by atoms with Crippen molar-refractivity contribution in [2.45, 2.75) is 59.0 Å². The van der Waals surface area contributed by atoms with Gasteiger partial charge in [-0.05, 0) is 61.6 Å². The van der Waals surface area contributed by atoms with E-state index in [1.165, 1.54) is 4.31 Å². The molecule has 0 aliphatic carbocycles. The summed E-state index contributed by atoms with van der Waals surface area (Å²) in [6.07, 6.45) is 2.86. The minimum Gasteiger partial charge on any atom is -0.497 e. The van der Waals surface area contributed by atoms with Gasteiger partial charge in [-0.1, -0.05) is 38.1 Å². The molecule has 0 aliphatic heterocycles. The SMILES string of the molecule is CCCNC(=O)[C@H](CC)N(Cc1cccc(OC)c1)C(=O)CCCN(c1cccc(C)c1)S(C)(=O)=O. The first-order valence-corrected chi connectivity index (χ1v) is 14.2. The van der Waals surface area contributed by atoms with Crippen LogP contribution in [0.2, 0.25) is 0 Å². The van der Waals surface area contributed by atoms with E-state index in [0.717, 1.165) is 23.8 Å². The molecule has 0 radical (unpaired) electrons. The maximum Gasteiger partial charge on any atom is 0.242 e. The first-order valence-electron chi connectivity index (χ1n) is 12.3. The number of nitrogens with one attached hydrogen (secondary N) is 1. The minimum atomic E-state index is -3.52. The van der Waals surface area contributed by atoms with Crippen molar-refractivity contribution in [2.24, 2.45) is 0 Å². The number of rotatable bonds is 14. The zero-order chi connectivity index (χ0) is 26.7. The zero-order valence-corrected chi connectivity index (χ0v) is 22.8. The van der Waals surface area contributed by atoms with E-state index in [4.69, 9.17) is 4.74 Å². The number of ether oxygens (including phenoxy) is 1. The average molecular weight is 518 g/mol. The molecule has 2 aromatic rings. The highest BCUT2D eigenvalue weighted by Gasteiger charge is 2.28. The highest BCUT2D eigenvalue weighted by atomic mass is 32.2. The number of amides is 2. The second-order valence-corrected chi connectivity index (χ2v) is 10.8. The van der Waals surface area contributed by atoms with Crippen LogP contribution >= 0.6 is 0 Å². The van der Waals surface area contributed by atoms with Gasteiger partial charge in [0.2, 0.25) is 21.8 Å². The van der Waals surface area contributed by atoms with E-state index in [0.29, 0.717) is 30.8 Å². The van der Waals surface area contributed by atoms with E-state index >= 15 is 0 Å². The van der Waals surface area contributed by atoms with Crippen molar-refractivity contribution in [2.75, 3.05) is 30.8 Å². The van der Waals surface area contributed by atoms with Crippen LogP contribution in [-0.4, -0.2) is 57.6 Å². The van der Waals surface area contributed by atoms with Crippen molar-refractivity contribution >= 4 is 27.5 Å². The first kappa shape index (κ1) is 29.2. The third kappa shape index (κ3) is 8.55. The number of hydrogen-bond acceptors (Lipinski definition) is 5. The van der Waals surface area contributed by atoms with Gasteiger partial charge in [0.1, 0.15) is 11.8 Å². The van der Waals surface area contributed by atoms with Gasteiger partial charge < -0.3 is 15.0 Å². The lowest BCUT2D eigenvalue weighted by Crippen LogP contribution is -2.49. The Bertz CT molecular complexity index is 1120. The molecule has 0 saturated heterocycles. The largest absolute Gasteiger partial charge is 0.497 e. The predicted molar refractivity (Wildman–Crippen MR) is 144 cm³/mol. The number of anilines is 1. The molecule has 0 fully saturated rings. The van der Waals surface area contributed by atoms with Crippen LogP contribution in [0.15, 0.2) is 48.5 Å². The molecule has 1 atom stereocenters. The fourth-order valence-electron chi connectivity index (χ4n) is 4.04. The lowest BCUT2D eigenvalue weighted by Gasteiger charge is -2.31. The monoisotopic (exact) mass is 517 g/mol. The van der Waals surface area contributed by atoms with E-state index < -0.39 is 16.1 Å². The van der Waals surface area contributed by atoms with Crippen molar-refractivity contribution in [3.63, 3.8) is 0 Å². The Morgan fingerprint density at radius 2 is 1.81 bits per heavy atom. The van der Waals surface area contributed by atoms with Gasteiger partial charge in [-0.25, -0.2) is 8.42 Å². The highest BCUT2D eigenvalue weighted by molar-refractivity contribution is 7.92. The second kappa shape index (κ2) is 13.9. The number of carbonyl (C=O) groups is 2. The molecule has 2 amide bonds. The summed E-state index contributed by atoms with van der Waals surface area (Å²) >= 11 is 0. The maximum atomic E-state index is 13.4. The normalized spacial score (nSPS) is 12.0. The molecule has 0 bridgehead atoms. The molecule has 2 aromatic carbocycles. The van der Waals surface area contributed by atoms with Crippen LogP contribution in [0.4, 0.5) is 5.69 Å². The Labute approximate surface area is 215 Å². The Hall–Kier alpha value is -3.07. The van der Waals surface area contributed by atoms with Crippen molar-refractivity contribution in [3.8, 4) is 5.75 Å². The first-order chi connectivity index (χ1) is 17.1. The van der Waals surface area contributed by atoms with Crippen molar-refractivity contribution in [1.82, 2.24) is 10.2 Å². The Kier molecular flexibility index (Phi) is 11.2. The molecule has 0 unspecified atom stereocenters. The summed E-state index contributed by atoms with van der Waals surface area (Å²) in [5.74, 6) is 0.285. The van der Waals surface area contributed by atoms with Crippen LogP contribution in [0.1, 0.15) is 50.7 Å². The molecule has 0 aromatic heterocycles. The molecule has 0 saturated carbocycles. The van der Waals surface area contributed by atoms with Gasteiger partial charge in [0.15, 0.2) is 0 Å². The molecule has 0 heterocycles. The standard InChI is InChI=1S/C27H39N3O5S/c1-6-16-28-27(32)25(7-2)29(20-22-12-9-14-24(19-22)35-4)26(31)15-10-17-30(36(5,33)34)23-13-8-11-21(3)18-23/h8-9,11-14,18-19,25H,6-7,10,15-17,20H2,1-5H3,(H,28,32)/t25-/m0/s1. The maximum absolute atomic E-state index is 13.4. The van der Waals surface area contributed by atoms with Gasteiger partial charge in [0, 0.05) is 26.1 Å². The van der Waals surface area contributed by atoms with E-state index in [9.17, 15) is 18.0 Å². The Morgan fingerprint density at radius 1 is 1.08 bits per heavy atom. The van der Waals surface area contributed by atoms with Gasteiger partial charge >= 0.3 is 0 Å². The van der Waals surface area contributed by atoms with Gasteiger partial charge in [-0.3, -0.25) is 13.9 Å². The minimum absolute atomic E-state index is 0.110. The lowest BCUT2D eigenvalue weighted by atomic mass is 10.1. The number of carbonyl (C=O) groups excluding carboxylic acids is 2. The summed E-state index contributed by atoms with van der Waals surface area (Å²) in [7, 11) is -1.94. The number of nitrogens with zero attached hydrogens (tertiary/aromatic N) is 2. The summed E-state index contributed by atoms with van der Waals surface area (Å²) in [5.41, 5.74) is 2.37. The van der Waals surface area contributed by atoms with E-state index in [-0.39, 0.29) is 31.3 Å². The van der Waals surface area contributed by atoms with Crippen LogP contribution in [0.5, 0.6) is 5.75 Å². The fraction of sp³-hybridized carbons (Fsp3) is 0.481. The van der Waals surface area contributed by atoms with Crippen molar-refractivity contribution in [1.29, 1.82) is 0 Å². The summed E-state index contributed by atoms with van der Waals surface area (Å²) in [6, 6.07) is 14.1. The summed E-state index contributed by atoms with van der Waals surface area (Å²) in [5, 5.41) is 2.90. The number of aryl methyl sites for hydroxylation is 1. The molecular weight excluding hydrogens is 478 g/mol. The van der Waals surface area contributed by atoms with Gasteiger partial charge in [0.25, 0.3) is 0 Å². The van der Waals surface area contributed by atoms with Crippen LogP contribution in [0, 0.1) is 6.92 Å². The average Bonchev–Trinajstić information content (AvgIpc) is 2.84. The summed E-state index contributed by atoms with van der Waals surface area (Å²) < 4.78 is 31.6. The van der Waals surface area contributed by atoms with Crippen molar-refractivity contribution < 1.29 is 22.7 Å². The number of sulfonamides is 1. The molecule has 1 N–H and O–H groups in total. The molecule has 0 spiro atoms. The Balaban J connectivity index is 2.22. The smallest absolute Gasteiger partial charge is 0.242 e. The molecular formula is C27H39N3O5S. The van der Waals surface area contributed by atoms with Crippen LogP contribution < -0.4 is 14.4 Å². The third-order valence-electron chi connectivity index (χ3n) is 5.86. The van der Waals surface area contributed by atoms with Crippen LogP contribution in [0.25, 0.3) is 0 Å². The summed E-state index contributed by atoms with van der Waals surface area (Å²) in [4.78, 5) is 27.9. The van der Waals surface area contributed by atoms with Crippen LogP contribution in [-0.2, 0) is 26.2 Å². The van der Waals surface area contributed by atoms with Gasteiger partial charge in [0.05, 0.1) is 19.1 Å². The van der Waals surface area contributed by atoms with E-state index in [1.54, 1.807) is 18.1 Å². The number of methoxy groups -OCH3 is 1. The topological polar surface area (TPSA) is 96.0 Å².